The number of halogens is 1. The van der Waals surface area contributed by atoms with Crippen molar-refractivity contribution in [3.8, 4) is 5.75 Å². The summed E-state index contributed by atoms with van der Waals surface area (Å²) in [6.45, 7) is 4.82. The first-order valence-corrected chi connectivity index (χ1v) is 8.98. The van der Waals surface area contributed by atoms with E-state index in [9.17, 15) is 34.3 Å². The highest BCUT2D eigenvalue weighted by molar-refractivity contribution is 6.17. The molecule has 2 aromatic carbocycles. The van der Waals surface area contributed by atoms with E-state index in [2.05, 4.69) is 0 Å². The van der Waals surface area contributed by atoms with Crippen LogP contribution in [0.15, 0.2) is 53.8 Å². The number of hydrogen-bond donors (Lipinski definition) is 2. The summed E-state index contributed by atoms with van der Waals surface area (Å²) in [6, 6.07) is 7.06. The van der Waals surface area contributed by atoms with Crippen LogP contribution in [-0.4, -0.2) is 26.8 Å². The Morgan fingerprint density at radius 3 is 2.27 bits per heavy atom. The summed E-state index contributed by atoms with van der Waals surface area (Å²) >= 11 is 0. The van der Waals surface area contributed by atoms with Gasteiger partial charge in [0.2, 0.25) is 0 Å². The quantitative estimate of drug-likeness (QED) is 0.577. The molecule has 8 nitrogen and oxygen atoms in total. The first kappa shape index (κ1) is 21.0. The van der Waals surface area contributed by atoms with Gasteiger partial charge in [0.25, 0.3) is 5.91 Å². The number of aromatic hydroxyl groups is 1. The van der Waals surface area contributed by atoms with Gasteiger partial charge in [-0.25, -0.2) is 4.39 Å². The summed E-state index contributed by atoms with van der Waals surface area (Å²) < 4.78 is 13.4. The number of nitrogens with zero attached hydrogens (tertiary/aromatic N) is 2. The van der Waals surface area contributed by atoms with Crippen LogP contribution in [0.1, 0.15) is 32.4 Å². The fourth-order valence-corrected chi connectivity index (χ4v) is 3.28. The summed E-state index contributed by atoms with van der Waals surface area (Å²) in [4.78, 5) is 37.5. The van der Waals surface area contributed by atoms with Crippen molar-refractivity contribution in [1.29, 1.82) is 0 Å². The average molecular weight is 414 g/mol. The van der Waals surface area contributed by atoms with Crippen molar-refractivity contribution in [3.05, 3.63) is 75.3 Å². The van der Waals surface area contributed by atoms with Crippen molar-refractivity contribution in [2.24, 2.45) is 5.41 Å². The van der Waals surface area contributed by atoms with E-state index in [0.717, 1.165) is 29.2 Å². The predicted octanol–water partition coefficient (Wildman–Crippen LogP) is 3.95. The van der Waals surface area contributed by atoms with Crippen molar-refractivity contribution in [2.45, 2.75) is 26.8 Å². The number of carbonyl (C=O) groups is 2. The van der Waals surface area contributed by atoms with Gasteiger partial charge in [-0.05, 0) is 35.9 Å². The number of nitro groups is 1. The van der Waals surface area contributed by atoms with Crippen LogP contribution in [0.3, 0.4) is 0 Å². The molecule has 0 radical (unpaired) electrons. The number of hydrogen-bond acceptors (Lipinski definition) is 6. The molecule has 156 valence electrons. The van der Waals surface area contributed by atoms with Gasteiger partial charge in [-0.15, -0.1) is 0 Å². The normalized spacial score (nSPS) is 16.9. The van der Waals surface area contributed by atoms with Crippen LogP contribution in [0, 0.1) is 21.3 Å². The Kier molecular flexibility index (Phi) is 5.07. The van der Waals surface area contributed by atoms with E-state index in [0.29, 0.717) is 0 Å². The maximum absolute atomic E-state index is 13.4. The second-order valence-corrected chi connectivity index (χ2v) is 7.90. The topological polar surface area (TPSA) is 121 Å². The van der Waals surface area contributed by atoms with Gasteiger partial charge in [-0.1, -0.05) is 26.8 Å². The Labute approximate surface area is 171 Å². The number of rotatable bonds is 4. The second-order valence-electron chi connectivity index (χ2n) is 7.90. The first-order valence-electron chi connectivity index (χ1n) is 8.98. The highest BCUT2D eigenvalue weighted by Crippen LogP contribution is 2.44. The largest absolute Gasteiger partial charge is 0.503 e. The van der Waals surface area contributed by atoms with Gasteiger partial charge < -0.3 is 10.2 Å². The lowest BCUT2D eigenvalue weighted by Gasteiger charge is -2.28. The standard InChI is InChI=1S/C21H19FN2O6/c1-21(2,3)19(27)16-17(11-4-9-15(25)14(10-11)24(29)30)23(20(28)18(16)26)13-7-5-12(22)6-8-13/h4-10,17,25-26H,1-3H3. The molecule has 0 bridgehead atoms. The van der Waals surface area contributed by atoms with Crippen LogP contribution in [-0.2, 0) is 9.59 Å². The van der Waals surface area contributed by atoms with Crippen molar-refractivity contribution in [3.63, 3.8) is 0 Å². The van der Waals surface area contributed by atoms with Gasteiger partial charge in [-0.2, -0.15) is 0 Å². The molecule has 2 N–H and O–H groups in total. The zero-order chi connectivity index (χ0) is 22.4. The molecule has 1 aliphatic rings. The molecule has 0 aliphatic carbocycles. The molecule has 9 heteroatoms. The Balaban J connectivity index is 2.26. The summed E-state index contributed by atoms with van der Waals surface area (Å²) in [5, 5.41) is 31.6. The van der Waals surface area contributed by atoms with Crippen LogP contribution in [0.25, 0.3) is 0 Å². The minimum Gasteiger partial charge on any atom is -0.503 e. The van der Waals surface area contributed by atoms with Crippen molar-refractivity contribution < 1.29 is 29.1 Å². The van der Waals surface area contributed by atoms with Gasteiger partial charge in [0, 0.05) is 17.2 Å². The number of benzene rings is 2. The molecule has 0 aromatic heterocycles. The van der Waals surface area contributed by atoms with Gasteiger partial charge in [-0.3, -0.25) is 24.6 Å². The Bertz CT molecular complexity index is 1090. The summed E-state index contributed by atoms with van der Waals surface area (Å²) in [5.74, 6) is -3.34. The molecule has 0 spiro atoms. The van der Waals surface area contributed by atoms with E-state index in [1.54, 1.807) is 20.8 Å². The number of nitro benzene ring substituents is 1. The third-order valence-electron chi connectivity index (χ3n) is 4.75. The van der Waals surface area contributed by atoms with Crippen LogP contribution < -0.4 is 4.90 Å². The molecule has 0 fully saturated rings. The number of aliphatic hydroxyl groups excluding tert-OH is 1. The van der Waals surface area contributed by atoms with Crippen molar-refractivity contribution >= 4 is 23.1 Å². The van der Waals surface area contributed by atoms with E-state index >= 15 is 0 Å². The fourth-order valence-electron chi connectivity index (χ4n) is 3.28. The third-order valence-corrected chi connectivity index (χ3v) is 4.75. The smallest absolute Gasteiger partial charge is 0.311 e. The first-order chi connectivity index (χ1) is 13.9. The number of aliphatic hydroxyl groups is 1. The maximum Gasteiger partial charge on any atom is 0.311 e. The van der Waals surface area contributed by atoms with E-state index < -0.39 is 51.1 Å². The lowest BCUT2D eigenvalue weighted by atomic mass is 9.82. The van der Waals surface area contributed by atoms with E-state index in [1.165, 1.54) is 18.2 Å². The second kappa shape index (κ2) is 7.25. The minimum absolute atomic E-state index is 0.133. The van der Waals surface area contributed by atoms with Crippen LogP contribution in [0.2, 0.25) is 0 Å². The number of ketones is 1. The van der Waals surface area contributed by atoms with Crippen molar-refractivity contribution in [1.82, 2.24) is 0 Å². The molecule has 1 amide bonds. The monoisotopic (exact) mass is 414 g/mol. The Morgan fingerprint density at radius 2 is 1.73 bits per heavy atom. The maximum atomic E-state index is 13.4. The van der Waals surface area contributed by atoms with E-state index in [-0.39, 0.29) is 16.8 Å². The minimum atomic E-state index is -1.20. The molecule has 3 rings (SSSR count). The number of phenols is 1. The lowest BCUT2D eigenvalue weighted by Crippen LogP contribution is -2.32. The van der Waals surface area contributed by atoms with E-state index in [4.69, 9.17) is 0 Å². The van der Waals surface area contributed by atoms with Crippen LogP contribution in [0.5, 0.6) is 5.75 Å². The number of Topliss-reactive ketones (excluding diaryl/α,β-unsaturated/α-hetero) is 1. The Morgan fingerprint density at radius 1 is 1.13 bits per heavy atom. The van der Waals surface area contributed by atoms with Crippen LogP contribution >= 0.6 is 0 Å². The molecular weight excluding hydrogens is 395 g/mol. The average Bonchev–Trinajstić information content (AvgIpc) is 2.92. The highest BCUT2D eigenvalue weighted by atomic mass is 19.1. The van der Waals surface area contributed by atoms with Gasteiger partial charge in [0.05, 0.1) is 16.5 Å². The fraction of sp³-hybridized carbons (Fsp3) is 0.238. The summed E-state index contributed by atoms with van der Waals surface area (Å²) in [5.41, 5.74) is -1.49. The molecule has 0 saturated heterocycles. The lowest BCUT2D eigenvalue weighted by molar-refractivity contribution is -0.385. The zero-order valence-corrected chi connectivity index (χ0v) is 16.4. The molecule has 30 heavy (non-hydrogen) atoms. The zero-order valence-electron chi connectivity index (χ0n) is 16.4. The molecule has 1 atom stereocenters. The van der Waals surface area contributed by atoms with Gasteiger partial charge in [0.1, 0.15) is 5.82 Å². The molecule has 1 aliphatic heterocycles. The van der Waals surface area contributed by atoms with Crippen LogP contribution in [0.4, 0.5) is 15.8 Å². The van der Waals surface area contributed by atoms with Crippen molar-refractivity contribution in [2.75, 3.05) is 4.90 Å². The molecular formula is C21H19FN2O6. The van der Waals surface area contributed by atoms with Gasteiger partial charge in [0.15, 0.2) is 17.3 Å². The number of phenolic OH excluding ortho intramolecular Hbond substituents is 1. The molecule has 1 heterocycles. The molecule has 2 aromatic rings. The van der Waals surface area contributed by atoms with E-state index in [1.807, 2.05) is 0 Å². The highest BCUT2D eigenvalue weighted by Gasteiger charge is 2.47. The molecule has 1 unspecified atom stereocenters. The SMILES string of the molecule is CC(C)(C)C(=O)C1=C(O)C(=O)N(c2ccc(F)cc2)C1c1ccc(O)c([N+](=O)[O-])c1. The van der Waals surface area contributed by atoms with Gasteiger partial charge >= 0.3 is 5.69 Å². The number of anilines is 1. The summed E-state index contributed by atoms with van der Waals surface area (Å²) in [6.07, 6.45) is 0. The Hall–Kier alpha value is -3.75. The molecule has 0 saturated carbocycles. The third kappa shape index (κ3) is 3.49. The predicted molar refractivity (Wildman–Crippen MR) is 106 cm³/mol. The number of amides is 1. The summed E-state index contributed by atoms with van der Waals surface area (Å²) in [7, 11) is 0. The number of carbonyl (C=O) groups excluding carboxylic acids is 2.